The second kappa shape index (κ2) is 69.3. The number of benzene rings is 2. The van der Waals surface area contributed by atoms with Crippen LogP contribution in [-0.2, 0) is 121 Å². The Bertz CT molecular complexity index is 3510. The highest BCUT2D eigenvalue weighted by Gasteiger charge is 2.44. The SMILES string of the molecule is CC[C@H](C)[C@@H]([C@@H](CC(=O)N1CCC[C@H]1[C@H](OC)[C@@H](C)C(=O)N[C@H](C)[C@@H](O)c1ccccc1)OC)N(C)C(=O)[C@@H](NC(=O)[C@H](C(C)C)N(C)C(=O)OCc1ccc(NC(=O)[C@H](CCCNC(N)=O)NC(=O)[C@@H](NC(=O)COCC(=O)NCCOCCOCCOCCOCCOCCOCCOCCOCCOCCOCCOCCOCCN=[N+]=[N-])C(C)C)cc1)C(C)C. The minimum atomic E-state index is -1.18. The van der Waals surface area contributed by atoms with Gasteiger partial charge in [0.2, 0.25) is 47.3 Å². The van der Waals surface area contributed by atoms with E-state index in [1.54, 1.807) is 109 Å². The predicted octanol–water partition coefficient (Wildman–Crippen LogP) is 4.23. The van der Waals surface area contributed by atoms with Crippen LogP contribution in [0.15, 0.2) is 59.7 Å². The number of methoxy groups -OCH3 is 2. The van der Waals surface area contributed by atoms with Crippen molar-refractivity contribution in [2.45, 2.75) is 175 Å². The number of nitrogens with two attached hydrogens (primary N) is 1. The second-order valence-electron chi connectivity index (χ2n) is 31.9. The number of azide groups is 1. The minimum Gasteiger partial charge on any atom is -0.445 e. The molecule has 11 amide bonds. The van der Waals surface area contributed by atoms with Crippen molar-refractivity contribution < 1.29 is 129 Å². The van der Waals surface area contributed by atoms with E-state index >= 15 is 0 Å². The van der Waals surface area contributed by atoms with Gasteiger partial charge >= 0.3 is 12.1 Å². The molecule has 3 rings (SSSR count). The summed E-state index contributed by atoms with van der Waals surface area (Å²) in [5, 5.41) is 33.5. The molecule has 10 N–H and O–H groups in total. The molecule has 734 valence electrons. The third-order valence-electron chi connectivity index (χ3n) is 21.1. The van der Waals surface area contributed by atoms with Crippen molar-refractivity contribution in [3.63, 3.8) is 0 Å². The fraction of sp³-hybridized carbons (Fsp3) is 0.750. The third-order valence-corrected chi connectivity index (χ3v) is 21.1. The molecule has 0 aliphatic carbocycles. The summed E-state index contributed by atoms with van der Waals surface area (Å²) in [4.78, 5) is 144. The van der Waals surface area contributed by atoms with Crippen LogP contribution in [0.3, 0.4) is 0 Å². The van der Waals surface area contributed by atoms with Crippen LogP contribution in [0, 0.1) is 29.6 Å². The molecule has 41 heteroatoms. The van der Waals surface area contributed by atoms with Crippen molar-refractivity contribution in [3.05, 3.63) is 76.2 Å². The standard InChI is InChI=1S/C88H150N14O27/c1-15-64(8)79(72(114-13)57-75(105)102-32-20-24-71(102)81(115-14)65(9)82(107)94-66(10)80(106)68-21-17-16-18-22-68)100(11)86(111)77(62(4)5)98-85(110)78(63(6)7)101(12)88(113)129-58-67-25-27-69(28-26-67)95-83(108)70(23-19-29-92-87(89)112)96-84(109)76(61(2)3)97-74(104)60-128-59-73(103)91-30-33-116-35-37-118-39-41-120-43-45-122-47-49-124-51-53-126-55-56-127-54-52-125-50-48-123-46-44-121-42-40-119-38-36-117-34-31-93-99-90/h16-18,21-22,25-28,61-66,70-72,76-81,106H,15,19-20,23-24,29-60H2,1-14H3,(H,91,103)(H,94,107)(H,95,108)(H,96,109)(H,97,104)(H,98,110)(H3,89,92,112)/t64-,65+,66+,70-,71-,72+,76-,77-,78-,79-,80+,81+/m0/s1. The summed E-state index contributed by atoms with van der Waals surface area (Å²) >= 11 is 0. The number of likely N-dealkylation sites (tertiary alicyclic amines) is 1. The van der Waals surface area contributed by atoms with Gasteiger partial charge < -0.3 is 134 Å². The molecular weight excluding hydrogens is 1690 g/mol. The molecule has 1 aliphatic rings. The molecule has 0 radical (unpaired) electrons. The van der Waals surface area contributed by atoms with Crippen LogP contribution in [0.25, 0.3) is 10.4 Å². The molecule has 1 saturated heterocycles. The Balaban J connectivity index is 1.35. The van der Waals surface area contributed by atoms with Gasteiger partial charge in [0.25, 0.3) is 0 Å². The quantitative estimate of drug-likeness (QED) is 0.0194. The lowest BCUT2D eigenvalue weighted by Gasteiger charge is -2.41. The maximum absolute atomic E-state index is 14.9. The van der Waals surface area contributed by atoms with E-state index in [9.17, 15) is 53.1 Å². The predicted molar refractivity (Wildman–Crippen MR) is 477 cm³/mol. The number of amides is 11. The number of carbonyl (C=O) groups is 10. The molecule has 1 heterocycles. The minimum absolute atomic E-state index is 0.0324. The Morgan fingerprint density at radius 3 is 1.51 bits per heavy atom. The Hall–Kier alpha value is -8.59. The first kappa shape index (κ1) is 115. The zero-order valence-corrected chi connectivity index (χ0v) is 78.3. The number of nitrogens with zero attached hydrogens (tertiary/aromatic N) is 6. The van der Waals surface area contributed by atoms with Gasteiger partial charge in [0.1, 0.15) is 44.0 Å². The van der Waals surface area contributed by atoms with Gasteiger partial charge in [-0.2, -0.15) is 0 Å². The Kier molecular flexibility index (Phi) is 61.6. The third kappa shape index (κ3) is 47.9. The average Bonchev–Trinajstić information content (AvgIpc) is 1.78. The van der Waals surface area contributed by atoms with Gasteiger partial charge in [0.15, 0.2) is 0 Å². The van der Waals surface area contributed by atoms with E-state index in [0.29, 0.717) is 195 Å². The number of rotatable bonds is 75. The summed E-state index contributed by atoms with van der Waals surface area (Å²) in [6, 6.07) is 8.34. The smallest absolute Gasteiger partial charge is 0.410 e. The molecule has 0 saturated carbocycles. The fourth-order valence-corrected chi connectivity index (χ4v) is 13.9. The van der Waals surface area contributed by atoms with Crippen molar-refractivity contribution in [1.82, 2.24) is 46.6 Å². The van der Waals surface area contributed by atoms with Crippen molar-refractivity contribution in [2.24, 2.45) is 40.4 Å². The van der Waals surface area contributed by atoms with Gasteiger partial charge in [-0.1, -0.05) is 116 Å². The maximum Gasteiger partial charge on any atom is 0.410 e. The van der Waals surface area contributed by atoms with E-state index in [4.69, 9.17) is 87.1 Å². The van der Waals surface area contributed by atoms with Crippen LogP contribution < -0.4 is 43.0 Å². The number of aliphatic hydroxyl groups is 1. The number of hydrogen-bond donors (Lipinski definition) is 9. The lowest BCUT2D eigenvalue weighted by Crippen LogP contribution is -2.60. The molecule has 1 aliphatic heterocycles. The maximum atomic E-state index is 14.9. The monoisotopic (exact) mass is 1840 g/mol. The Morgan fingerprint density at radius 1 is 0.550 bits per heavy atom. The molecule has 0 bridgehead atoms. The molecule has 2 aromatic rings. The van der Waals surface area contributed by atoms with Crippen LogP contribution in [0.4, 0.5) is 15.3 Å². The largest absolute Gasteiger partial charge is 0.445 e. The summed E-state index contributed by atoms with van der Waals surface area (Å²) in [5.74, 6) is -6.44. The number of carbonyl (C=O) groups excluding carboxylic acids is 10. The van der Waals surface area contributed by atoms with Crippen molar-refractivity contribution in [1.29, 1.82) is 0 Å². The van der Waals surface area contributed by atoms with Crippen molar-refractivity contribution >= 4 is 65.1 Å². The van der Waals surface area contributed by atoms with E-state index in [-0.39, 0.29) is 69.9 Å². The van der Waals surface area contributed by atoms with E-state index in [0.717, 1.165) is 4.90 Å². The van der Waals surface area contributed by atoms with Crippen LogP contribution in [0.2, 0.25) is 0 Å². The highest BCUT2D eigenvalue weighted by atomic mass is 16.6. The molecule has 2 aromatic carbocycles. The van der Waals surface area contributed by atoms with Gasteiger partial charge in [0, 0.05) is 65.1 Å². The number of urea groups is 1. The van der Waals surface area contributed by atoms with Gasteiger partial charge in [0.05, 0.1) is 207 Å². The molecule has 129 heavy (non-hydrogen) atoms. The number of primary amides is 1. The van der Waals surface area contributed by atoms with E-state index in [1.165, 1.54) is 21.3 Å². The fourth-order valence-electron chi connectivity index (χ4n) is 13.9. The first-order valence-electron chi connectivity index (χ1n) is 44.7. The van der Waals surface area contributed by atoms with Crippen LogP contribution >= 0.6 is 0 Å². The molecule has 0 unspecified atom stereocenters. The number of aliphatic hydroxyl groups excluding tert-OH is 1. The Labute approximate surface area is 760 Å². The van der Waals surface area contributed by atoms with Gasteiger partial charge in [-0.3, -0.25) is 43.3 Å². The lowest BCUT2D eigenvalue weighted by atomic mass is 9.89. The summed E-state index contributed by atoms with van der Waals surface area (Å²) in [7, 11) is 6.06. The van der Waals surface area contributed by atoms with Crippen LogP contribution in [0.1, 0.15) is 125 Å². The highest BCUT2D eigenvalue weighted by Crippen LogP contribution is 2.31. The first-order chi connectivity index (χ1) is 62.0. The van der Waals surface area contributed by atoms with E-state index < -0.39 is 145 Å². The number of nitrogens with one attached hydrogen (secondary N) is 7. The zero-order chi connectivity index (χ0) is 95.1. The summed E-state index contributed by atoms with van der Waals surface area (Å²) in [6.07, 6.45) is -1.27. The molecule has 41 nitrogen and oxygen atoms in total. The van der Waals surface area contributed by atoms with E-state index in [2.05, 4.69) is 47.2 Å². The molecular formula is C88H150N14O27. The normalized spacial score (nSPS) is 15.2. The number of hydrogen-bond acceptors (Lipinski definition) is 28. The second-order valence-corrected chi connectivity index (χ2v) is 31.9. The molecule has 0 aromatic heterocycles. The summed E-state index contributed by atoms with van der Waals surface area (Å²) < 4.78 is 88.8. The molecule has 12 atom stereocenters. The highest BCUT2D eigenvalue weighted by molar-refractivity contribution is 5.98. The first-order valence-corrected chi connectivity index (χ1v) is 44.7. The molecule has 0 spiro atoms. The van der Waals surface area contributed by atoms with E-state index in [1.807, 2.05) is 32.0 Å². The van der Waals surface area contributed by atoms with Gasteiger partial charge in [-0.15, -0.1) is 0 Å². The van der Waals surface area contributed by atoms with Gasteiger partial charge in [-0.05, 0) is 85.1 Å². The number of ether oxygens (including phenoxy) is 16. The lowest BCUT2D eigenvalue weighted by molar-refractivity contribution is -0.148. The summed E-state index contributed by atoms with van der Waals surface area (Å²) in [5.41, 5.74) is 14.9. The molecule has 1 fully saturated rings. The van der Waals surface area contributed by atoms with Gasteiger partial charge in [-0.25, -0.2) is 9.59 Å². The number of likely N-dealkylation sites (N-methyl/N-ethyl adjacent to an activating group) is 2. The topological polar surface area (TPSA) is 507 Å². The van der Waals surface area contributed by atoms with Crippen LogP contribution in [0.5, 0.6) is 0 Å². The zero-order valence-electron chi connectivity index (χ0n) is 78.3. The van der Waals surface area contributed by atoms with Crippen molar-refractivity contribution in [3.8, 4) is 0 Å². The van der Waals surface area contributed by atoms with Crippen molar-refractivity contribution in [2.75, 3.05) is 232 Å². The Morgan fingerprint density at radius 2 is 1.05 bits per heavy atom. The van der Waals surface area contributed by atoms with Crippen LogP contribution in [-0.4, -0.2) is 360 Å². The average molecular weight is 1840 g/mol. The summed E-state index contributed by atoms with van der Waals surface area (Å²) in [6.45, 7) is 27.2. The number of anilines is 1.